The molecule has 2 N–H and O–H groups in total. The van der Waals surface area contributed by atoms with Gasteiger partial charge in [0, 0.05) is 40.1 Å². The number of rotatable bonds is 3. The first-order valence-electron chi connectivity index (χ1n) is 6.82. The normalized spacial score (nSPS) is 18.5. The van der Waals surface area contributed by atoms with E-state index in [1.54, 1.807) is 0 Å². The highest BCUT2D eigenvalue weighted by Gasteiger charge is 2.32. The second-order valence-electron chi connectivity index (χ2n) is 5.35. The van der Waals surface area contributed by atoms with Gasteiger partial charge in [-0.3, -0.25) is 14.8 Å². The highest BCUT2D eigenvalue weighted by atomic mass is 79.9. The molecule has 1 amide bonds. The van der Waals surface area contributed by atoms with Crippen LogP contribution in [0.3, 0.4) is 0 Å². The fourth-order valence-corrected chi connectivity index (χ4v) is 3.04. The number of nitrogens with zero attached hydrogens (tertiary/aromatic N) is 2. The number of fused-ring (bicyclic) bond motifs is 1. The summed E-state index contributed by atoms with van der Waals surface area (Å²) in [4.78, 5) is 12.2. The summed E-state index contributed by atoms with van der Waals surface area (Å²) < 4.78 is 2.80. The van der Waals surface area contributed by atoms with Gasteiger partial charge < -0.3 is 5.32 Å². The van der Waals surface area contributed by atoms with Gasteiger partial charge in [-0.25, -0.2) is 0 Å². The van der Waals surface area contributed by atoms with Crippen molar-refractivity contribution in [2.75, 3.05) is 5.32 Å². The summed E-state index contributed by atoms with van der Waals surface area (Å²) in [5, 5.41) is 10.6. The lowest BCUT2D eigenvalue weighted by molar-refractivity contribution is -0.117. The van der Waals surface area contributed by atoms with Gasteiger partial charge in [0.05, 0.1) is 6.20 Å². The summed E-state index contributed by atoms with van der Waals surface area (Å²) in [6.07, 6.45) is 1.85. The molecule has 1 aromatic heterocycles. The van der Waals surface area contributed by atoms with Crippen LogP contribution in [0.15, 0.2) is 28.9 Å². The van der Waals surface area contributed by atoms with Crippen LogP contribution in [-0.4, -0.2) is 15.7 Å². The molecule has 1 aromatic carbocycles. The maximum absolute atomic E-state index is 12.2. The Kier molecular flexibility index (Phi) is 3.59. The number of hydrogen-bond donors (Lipinski definition) is 2. The maximum Gasteiger partial charge on any atom is 0.246 e. The van der Waals surface area contributed by atoms with Gasteiger partial charge in [-0.15, -0.1) is 0 Å². The molecule has 2 atom stereocenters. The molecule has 0 fully saturated rings. The van der Waals surface area contributed by atoms with E-state index in [9.17, 15) is 4.79 Å². The third kappa shape index (κ3) is 2.49. The number of hydrogen-bond acceptors (Lipinski definition) is 3. The van der Waals surface area contributed by atoms with Crippen LogP contribution in [0.25, 0.3) is 0 Å². The number of aromatic nitrogens is 2. The van der Waals surface area contributed by atoms with Crippen molar-refractivity contribution in [3.8, 4) is 0 Å². The van der Waals surface area contributed by atoms with E-state index in [-0.39, 0.29) is 18.0 Å². The molecular formula is C15H17BrN4O. The lowest BCUT2D eigenvalue weighted by Crippen LogP contribution is -2.30. The van der Waals surface area contributed by atoms with Gasteiger partial charge in [-0.2, -0.15) is 5.10 Å². The Morgan fingerprint density at radius 2 is 2.24 bits per heavy atom. The largest absolute Gasteiger partial charge is 0.324 e. The van der Waals surface area contributed by atoms with Gasteiger partial charge in [0.1, 0.15) is 6.04 Å². The summed E-state index contributed by atoms with van der Waals surface area (Å²) in [6.45, 7) is 4.08. The minimum Gasteiger partial charge on any atom is -0.324 e. The molecular weight excluding hydrogens is 332 g/mol. The molecule has 6 heteroatoms. The van der Waals surface area contributed by atoms with E-state index in [0.29, 0.717) is 0 Å². The van der Waals surface area contributed by atoms with Crippen LogP contribution in [0.5, 0.6) is 0 Å². The van der Waals surface area contributed by atoms with Crippen molar-refractivity contribution < 1.29 is 4.79 Å². The van der Waals surface area contributed by atoms with Crippen molar-refractivity contribution in [3.63, 3.8) is 0 Å². The zero-order valence-corrected chi connectivity index (χ0v) is 13.7. The first kappa shape index (κ1) is 14.3. The summed E-state index contributed by atoms with van der Waals surface area (Å²) in [5.74, 6) is -0.0171. The fraction of sp³-hybridized carbons (Fsp3) is 0.333. The molecule has 0 bridgehead atoms. The zero-order chi connectivity index (χ0) is 15.1. The van der Waals surface area contributed by atoms with Gasteiger partial charge in [0.25, 0.3) is 0 Å². The molecule has 2 heterocycles. The minimum atomic E-state index is -0.331. The maximum atomic E-state index is 12.2. The Morgan fingerprint density at radius 3 is 2.90 bits per heavy atom. The Hall–Kier alpha value is -1.66. The van der Waals surface area contributed by atoms with Gasteiger partial charge in [0.15, 0.2) is 0 Å². The molecule has 2 aromatic rings. The topological polar surface area (TPSA) is 59.0 Å². The lowest BCUT2D eigenvalue weighted by Gasteiger charge is -2.18. The highest BCUT2D eigenvalue weighted by molar-refractivity contribution is 9.10. The van der Waals surface area contributed by atoms with Crippen LogP contribution in [0, 0.1) is 6.92 Å². The first-order valence-corrected chi connectivity index (χ1v) is 7.61. The van der Waals surface area contributed by atoms with Crippen molar-refractivity contribution >= 4 is 27.5 Å². The average Bonchev–Trinajstić information content (AvgIpc) is 2.91. The van der Waals surface area contributed by atoms with Gasteiger partial charge in [-0.1, -0.05) is 22.0 Å². The number of halogens is 1. The Bertz CT molecular complexity index is 710. The summed E-state index contributed by atoms with van der Waals surface area (Å²) in [6, 6.07) is 5.56. The van der Waals surface area contributed by atoms with E-state index in [1.165, 1.54) is 0 Å². The SMILES string of the molecule is Cc1c(C(C)NC2C(=O)Nc3cc(Br)ccc32)cnn1C. The molecule has 2 unspecified atom stereocenters. The molecule has 3 rings (SSSR count). The monoisotopic (exact) mass is 348 g/mol. The first-order chi connectivity index (χ1) is 9.97. The number of benzene rings is 1. The molecule has 0 radical (unpaired) electrons. The van der Waals surface area contributed by atoms with Crippen LogP contribution in [0.2, 0.25) is 0 Å². The molecule has 0 aliphatic carbocycles. The van der Waals surface area contributed by atoms with E-state index in [2.05, 4.69) is 31.7 Å². The number of carbonyl (C=O) groups excluding carboxylic acids is 1. The van der Waals surface area contributed by atoms with Crippen molar-refractivity contribution in [1.82, 2.24) is 15.1 Å². The molecule has 0 spiro atoms. The van der Waals surface area contributed by atoms with Crippen LogP contribution >= 0.6 is 15.9 Å². The van der Waals surface area contributed by atoms with Crippen LogP contribution < -0.4 is 10.6 Å². The number of aryl methyl sites for hydroxylation is 1. The Balaban J connectivity index is 1.86. The van der Waals surface area contributed by atoms with E-state index in [4.69, 9.17) is 0 Å². The zero-order valence-electron chi connectivity index (χ0n) is 12.1. The number of nitrogens with one attached hydrogen (secondary N) is 2. The van der Waals surface area contributed by atoms with Crippen molar-refractivity contribution in [1.29, 1.82) is 0 Å². The van der Waals surface area contributed by atoms with E-state index >= 15 is 0 Å². The molecule has 21 heavy (non-hydrogen) atoms. The molecule has 1 aliphatic heterocycles. The van der Waals surface area contributed by atoms with Crippen molar-refractivity contribution in [3.05, 3.63) is 45.7 Å². The molecule has 5 nitrogen and oxygen atoms in total. The third-order valence-corrected chi connectivity index (χ3v) is 4.50. The van der Waals surface area contributed by atoms with Crippen LogP contribution in [0.4, 0.5) is 5.69 Å². The standard InChI is InChI=1S/C15H17BrN4O/c1-8(12-7-17-20(3)9(12)2)18-14-11-5-4-10(16)6-13(11)19-15(14)21/h4-8,14,18H,1-3H3,(H,19,21). The van der Waals surface area contributed by atoms with Crippen molar-refractivity contribution in [2.45, 2.75) is 25.9 Å². The Morgan fingerprint density at radius 1 is 1.48 bits per heavy atom. The third-order valence-electron chi connectivity index (χ3n) is 4.00. The molecule has 0 saturated heterocycles. The average molecular weight is 349 g/mol. The van der Waals surface area contributed by atoms with Crippen molar-refractivity contribution in [2.24, 2.45) is 7.05 Å². The highest BCUT2D eigenvalue weighted by Crippen LogP contribution is 2.34. The molecule has 0 saturated carbocycles. The number of carbonyl (C=O) groups is 1. The number of anilines is 1. The predicted octanol–water partition coefficient (Wildman–Crippen LogP) is 2.84. The second-order valence-corrected chi connectivity index (χ2v) is 6.27. The van der Waals surface area contributed by atoms with E-state index in [1.807, 2.05) is 50.0 Å². The van der Waals surface area contributed by atoms with Gasteiger partial charge in [0.2, 0.25) is 5.91 Å². The quantitative estimate of drug-likeness (QED) is 0.896. The molecule has 110 valence electrons. The smallest absolute Gasteiger partial charge is 0.246 e. The lowest BCUT2D eigenvalue weighted by atomic mass is 10.0. The summed E-state index contributed by atoms with van der Waals surface area (Å²) in [5.41, 5.74) is 4.05. The van der Waals surface area contributed by atoms with E-state index in [0.717, 1.165) is 27.0 Å². The van der Waals surface area contributed by atoms with Gasteiger partial charge >= 0.3 is 0 Å². The minimum absolute atomic E-state index is 0.0171. The summed E-state index contributed by atoms with van der Waals surface area (Å²) in [7, 11) is 1.92. The Labute approximate surface area is 131 Å². The molecule has 1 aliphatic rings. The predicted molar refractivity (Wildman–Crippen MR) is 85.0 cm³/mol. The summed E-state index contributed by atoms with van der Waals surface area (Å²) >= 11 is 3.42. The number of amides is 1. The fourth-order valence-electron chi connectivity index (χ4n) is 2.68. The second kappa shape index (κ2) is 5.27. The van der Waals surface area contributed by atoms with Crippen LogP contribution in [0.1, 0.15) is 35.8 Å². The van der Waals surface area contributed by atoms with Gasteiger partial charge in [-0.05, 0) is 26.0 Å². The van der Waals surface area contributed by atoms with Crippen LogP contribution in [-0.2, 0) is 11.8 Å². The van der Waals surface area contributed by atoms with E-state index < -0.39 is 0 Å².